The molecule has 0 aliphatic carbocycles. The van der Waals surface area contributed by atoms with Crippen LogP contribution in [0.3, 0.4) is 0 Å². The zero-order valence-corrected chi connectivity index (χ0v) is 16.7. The van der Waals surface area contributed by atoms with Gasteiger partial charge in [0.15, 0.2) is 10.8 Å². The Labute approximate surface area is 170 Å². The third-order valence-electron chi connectivity index (χ3n) is 4.51. The van der Waals surface area contributed by atoms with Crippen molar-refractivity contribution in [2.45, 2.75) is 36.4 Å². The Balaban J connectivity index is 1.72. The molecule has 0 amide bonds. The van der Waals surface area contributed by atoms with E-state index in [0.29, 0.717) is 38.5 Å². The fraction of sp³-hybridized carbons (Fsp3) is 0.316. The Bertz CT molecular complexity index is 1010. The summed E-state index contributed by atoms with van der Waals surface area (Å²) in [5.41, 5.74) is 1.17. The van der Waals surface area contributed by atoms with Crippen molar-refractivity contribution in [3.05, 3.63) is 62.5 Å². The molecular weight excluding hydrogens is 405 g/mol. The molecule has 27 heavy (non-hydrogen) atoms. The van der Waals surface area contributed by atoms with Gasteiger partial charge in [0.05, 0.1) is 18.0 Å². The van der Waals surface area contributed by atoms with E-state index < -0.39 is 0 Å². The van der Waals surface area contributed by atoms with E-state index in [1.165, 1.54) is 11.8 Å². The molecule has 0 saturated carbocycles. The van der Waals surface area contributed by atoms with Crippen molar-refractivity contribution in [3.8, 4) is 0 Å². The van der Waals surface area contributed by atoms with Gasteiger partial charge in [-0.25, -0.2) is 9.97 Å². The van der Waals surface area contributed by atoms with E-state index >= 15 is 0 Å². The van der Waals surface area contributed by atoms with Gasteiger partial charge in [-0.15, -0.1) is 0 Å². The van der Waals surface area contributed by atoms with E-state index in [9.17, 15) is 4.79 Å². The van der Waals surface area contributed by atoms with Crippen LogP contribution in [0.4, 0.5) is 0 Å². The molecule has 1 aromatic carbocycles. The predicted molar refractivity (Wildman–Crippen MR) is 109 cm³/mol. The fourth-order valence-corrected chi connectivity index (χ4v) is 4.84. The number of benzene rings is 1. The minimum absolute atomic E-state index is 0.0295. The topological polar surface area (TPSA) is 57.0 Å². The Morgan fingerprint density at radius 2 is 2.04 bits per heavy atom. The lowest BCUT2D eigenvalue weighted by atomic mass is 10.2. The van der Waals surface area contributed by atoms with E-state index in [-0.39, 0.29) is 11.7 Å². The SMILES string of the molecule is O=c1c2cccnc2nc(SCc2c(Cl)cccc2Cl)n1CC1CCCO1. The highest BCUT2D eigenvalue weighted by atomic mass is 35.5. The molecule has 3 aromatic rings. The number of ether oxygens (including phenoxy) is 1. The first kappa shape index (κ1) is 18.7. The Hall–Kier alpha value is -1.60. The third kappa shape index (κ3) is 3.99. The summed E-state index contributed by atoms with van der Waals surface area (Å²) in [6, 6.07) is 8.92. The van der Waals surface area contributed by atoms with E-state index in [1.54, 1.807) is 35.0 Å². The van der Waals surface area contributed by atoms with Crippen LogP contribution < -0.4 is 5.56 Å². The van der Waals surface area contributed by atoms with Gasteiger partial charge in [0.2, 0.25) is 0 Å². The Morgan fingerprint density at radius 3 is 2.78 bits per heavy atom. The smallest absolute Gasteiger partial charge is 0.263 e. The largest absolute Gasteiger partial charge is 0.376 e. The number of rotatable bonds is 5. The number of thioether (sulfide) groups is 1. The second-order valence-corrected chi connectivity index (χ2v) is 8.07. The van der Waals surface area contributed by atoms with Crippen molar-refractivity contribution in [2.24, 2.45) is 0 Å². The molecule has 0 spiro atoms. The van der Waals surface area contributed by atoms with Crippen LogP contribution in [-0.2, 0) is 17.0 Å². The number of hydrogen-bond acceptors (Lipinski definition) is 5. The van der Waals surface area contributed by atoms with Gasteiger partial charge in [0.1, 0.15) is 0 Å². The maximum absolute atomic E-state index is 13.0. The summed E-state index contributed by atoms with van der Waals surface area (Å²) in [6.07, 6.45) is 3.62. The predicted octanol–water partition coefficient (Wildman–Crippen LogP) is 4.57. The molecular formula is C19H17Cl2N3O2S. The Kier molecular flexibility index (Phi) is 5.68. The number of nitrogens with zero attached hydrogens (tertiary/aromatic N) is 3. The van der Waals surface area contributed by atoms with E-state index in [2.05, 4.69) is 9.97 Å². The van der Waals surface area contributed by atoms with Gasteiger partial charge in [-0.3, -0.25) is 9.36 Å². The monoisotopic (exact) mass is 421 g/mol. The normalized spacial score (nSPS) is 16.9. The summed E-state index contributed by atoms with van der Waals surface area (Å²) in [4.78, 5) is 21.9. The van der Waals surface area contributed by atoms with Gasteiger partial charge < -0.3 is 4.74 Å². The van der Waals surface area contributed by atoms with Gasteiger partial charge in [-0.2, -0.15) is 0 Å². The molecule has 0 radical (unpaired) electrons. The lowest BCUT2D eigenvalue weighted by Crippen LogP contribution is -2.29. The second-order valence-electron chi connectivity index (χ2n) is 6.31. The number of pyridine rings is 1. The molecule has 3 heterocycles. The molecule has 2 aromatic heterocycles. The van der Waals surface area contributed by atoms with Crippen molar-refractivity contribution in [2.75, 3.05) is 6.61 Å². The van der Waals surface area contributed by atoms with E-state index in [1.807, 2.05) is 6.07 Å². The van der Waals surface area contributed by atoms with Crippen LogP contribution >= 0.6 is 35.0 Å². The lowest BCUT2D eigenvalue weighted by molar-refractivity contribution is 0.0937. The molecule has 0 N–H and O–H groups in total. The van der Waals surface area contributed by atoms with Crippen molar-refractivity contribution in [1.82, 2.24) is 14.5 Å². The van der Waals surface area contributed by atoms with Gasteiger partial charge >= 0.3 is 0 Å². The van der Waals surface area contributed by atoms with Crippen LogP contribution in [0.15, 0.2) is 46.5 Å². The highest BCUT2D eigenvalue weighted by Crippen LogP contribution is 2.31. The fourth-order valence-electron chi connectivity index (χ4n) is 3.11. The standard InChI is InChI=1S/C19H17Cl2N3O2S/c20-15-6-1-7-16(21)14(15)11-27-19-23-17-13(5-2-8-22-17)18(25)24(19)10-12-4-3-9-26-12/h1-2,5-8,12H,3-4,9-11H2. The molecule has 1 saturated heterocycles. The summed E-state index contributed by atoms with van der Waals surface area (Å²) in [7, 11) is 0. The first-order chi connectivity index (χ1) is 13.1. The summed E-state index contributed by atoms with van der Waals surface area (Å²) >= 11 is 14.0. The molecule has 140 valence electrons. The first-order valence-corrected chi connectivity index (χ1v) is 10.4. The highest BCUT2D eigenvalue weighted by molar-refractivity contribution is 7.98. The molecule has 5 nitrogen and oxygen atoms in total. The van der Waals surface area contributed by atoms with Crippen LogP contribution in [0.25, 0.3) is 11.0 Å². The first-order valence-electron chi connectivity index (χ1n) is 8.66. The number of hydrogen-bond donors (Lipinski definition) is 0. The van der Waals surface area contributed by atoms with Crippen molar-refractivity contribution in [1.29, 1.82) is 0 Å². The molecule has 1 fully saturated rings. The van der Waals surface area contributed by atoms with Crippen LogP contribution in [0, 0.1) is 0 Å². The van der Waals surface area contributed by atoms with Gasteiger partial charge in [0, 0.05) is 28.6 Å². The number of halogens is 2. The van der Waals surface area contributed by atoms with Crippen LogP contribution in [0.2, 0.25) is 10.0 Å². The van der Waals surface area contributed by atoms with E-state index in [0.717, 1.165) is 25.0 Å². The van der Waals surface area contributed by atoms with Gasteiger partial charge in [0.25, 0.3) is 5.56 Å². The second kappa shape index (κ2) is 8.19. The number of aromatic nitrogens is 3. The molecule has 1 unspecified atom stereocenters. The zero-order valence-electron chi connectivity index (χ0n) is 14.4. The molecule has 8 heteroatoms. The summed E-state index contributed by atoms with van der Waals surface area (Å²) in [6.45, 7) is 1.22. The quantitative estimate of drug-likeness (QED) is 0.445. The van der Waals surface area contributed by atoms with Gasteiger partial charge in [-0.05, 0) is 42.7 Å². The molecule has 4 rings (SSSR count). The molecule has 0 bridgehead atoms. The van der Waals surface area contributed by atoms with Crippen molar-refractivity contribution >= 4 is 46.0 Å². The average Bonchev–Trinajstić information content (AvgIpc) is 3.17. The third-order valence-corrected chi connectivity index (χ3v) is 6.22. The van der Waals surface area contributed by atoms with Crippen LogP contribution in [0.1, 0.15) is 18.4 Å². The minimum atomic E-state index is -0.101. The summed E-state index contributed by atoms with van der Waals surface area (Å²) in [5.74, 6) is 0.509. The summed E-state index contributed by atoms with van der Waals surface area (Å²) in [5, 5.41) is 2.30. The van der Waals surface area contributed by atoms with Crippen molar-refractivity contribution < 1.29 is 4.74 Å². The molecule has 1 atom stereocenters. The zero-order chi connectivity index (χ0) is 18.8. The maximum Gasteiger partial charge on any atom is 0.263 e. The minimum Gasteiger partial charge on any atom is -0.376 e. The van der Waals surface area contributed by atoms with Crippen LogP contribution in [-0.4, -0.2) is 27.2 Å². The van der Waals surface area contributed by atoms with Gasteiger partial charge in [-0.1, -0.05) is 41.0 Å². The summed E-state index contributed by atoms with van der Waals surface area (Å²) < 4.78 is 7.42. The Morgan fingerprint density at radius 1 is 1.22 bits per heavy atom. The average molecular weight is 422 g/mol. The van der Waals surface area contributed by atoms with Crippen molar-refractivity contribution in [3.63, 3.8) is 0 Å². The number of fused-ring (bicyclic) bond motifs is 1. The van der Waals surface area contributed by atoms with E-state index in [4.69, 9.17) is 27.9 Å². The highest BCUT2D eigenvalue weighted by Gasteiger charge is 2.21. The van der Waals surface area contributed by atoms with Crippen LogP contribution in [0.5, 0.6) is 0 Å². The maximum atomic E-state index is 13.0. The lowest BCUT2D eigenvalue weighted by Gasteiger charge is -2.16. The molecule has 1 aliphatic heterocycles. The molecule has 1 aliphatic rings.